The molecule has 19 heavy (non-hydrogen) atoms. The van der Waals surface area contributed by atoms with Crippen LogP contribution in [-0.4, -0.2) is 12.5 Å². The van der Waals surface area contributed by atoms with E-state index in [-0.39, 0.29) is 5.91 Å². The van der Waals surface area contributed by atoms with E-state index in [4.69, 9.17) is 17.3 Å². The van der Waals surface area contributed by atoms with E-state index in [0.717, 1.165) is 20.1 Å². The van der Waals surface area contributed by atoms with Gasteiger partial charge < -0.3 is 11.1 Å². The first-order valence-electron chi connectivity index (χ1n) is 5.63. The minimum Gasteiger partial charge on any atom is -0.398 e. The quantitative estimate of drug-likeness (QED) is 0.818. The van der Waals surface area contributed by atoms with Crippen LogP contribution >= 0.6 is 38.9 Å². The Kier molecular flexibility index (Phi) is 4.85. The number of rotatable bonds is 4. The molecule has 0 bridgehead atoms. The Bertz CT molecular complexity index is 600. The summed E-state index contributed by atoms with van der Waals surface area (Å²) in [4.78, 5) is 13.1. The van der Waals surface area contributed by atoms with Gasteiger partial charge in [0.2, 0.25) is 0 Å². The molecule has 1 heterocycles. The summed E-state index contributed by atoms with van der Waals surface area (Å²) >= 11 is 10.7. The lowest BCUT2D eigenvalue weighted by Gasteiger charge is -2.07. The maximum absolute atomic E-state index is 11.9. The molecule has 0 unspecified atom stereocenters. The van der Waals surface area contributed by atoms with E-state index in [1.54, 1.807) is 18.2 Å². The highest BCUT2D eigenvalue weighted by molar-refractivity contribution is 9.10. The first-order valence-corrected chi connectivity index (χ1v) is 7.62. The minimum atomic E-state index is -0.160. The smallest absolute Gasteiger partial charge is 0.253 e. The third-order valence-electron chi connectivity index (χ3n) is 2.54. The Morgan fingerprint density at radius 2 is 2.16 bits per heavy atom. The Morgan fingerprint density at radius 3 is 2.79 bits per heavy atom. The highest BCUT2D eigenvalue weighted by atomic mass is 79.9. The number of carbonyl (C=O) groups is 1. The van der Waals surface area contributed by atoms with Crippen LogP contribution in [0.4, 0.5) is 5.69 Å². The van der Waals surface area contributed by atoms with Crippen molar-refractivity contribution in [1.82, 2.24) is 5.32 Å². The summed E-state index contributed by atoms with van der Waals surface area (Å²) in [6, 6.07) is 9.04. The van der Waals surface area contributed by atoms with Crippen molar-refractivity contribution in [2.75, 3.05) is 12.3 Å². The molecule has 0 radical (unpaired) electrons. The van der Waals surface area contributed by atoms with Gasteiger partial charge in [-0.1, -0.05) is 27.5 Å². The molecule has 0 saturated carbocycles. The van der Waals surface area contributed by atoms with Gasteiger partial charge in [-0.05, 0) is 36.8 Å². The second-order valence-corrected chi connectivity index (χ2v) is 6.66. The van der Waals surface area contributed by atoms with Gasteiger partial charge in [0.1, 0.15) is 0 Å². The second-order valence-electron chi connectivity index (χ2n) is 3.94. The highest BCUT2D eigenvalue weighted by Gasteiger charge is 2.09. The van der Waals surface area contributed by atoms with E-state index in [2.05, 4.69) is 21.2 Å². The number of amides is 1. The Labute approximate surface area is 128 Å². The number of hydrogen-bond donors (Lipinski definition) is 2. The van der Waals surface area contributed by atoms with Crippen molar-refractivity contribution in [3.63, 3.8) is 0 Å². The Morgan fingerprint density at radius 1 is 1.37 bits per heavy atom. The molecule has 0 aliphatic carbocycles. The summed E-state index contributed by atoms with van der Waals surface area (Å²) in [5, 5.41) is 2.85. The predicted octanol–water partition coefficient (Wildman–Crippen LogP) is 3.72. The molecule has 0 aliphatic rings. The number of nitrogen functional groups attached to an aromatic ring is 1. The van der Waals surface area contributed by atoms with Crippen LogP contribution in [0, 0.1) is 0 Å². The Balaban J connectivity index is 1.90. The fourth-order valence-corrected chi connectivity index (χ4v) is 3.09. The van der Waals surface area contributed by atoms with Crippen molar-refractivity contribution in [1.29, 1.82) is 0 Å². The zero-order chi connectivity index (χ0) is 13.8. The fourth-order valence-electron chi connectivity index (χ4n) is 1.62. The molecule has 3 N–H and O–H groups in total. The van der Waals surface area contributed by atoms with Crippen LogP contribution < -0.4 is 11.1 Å². The fraction of sp³-hybridized carbons (Fsp3) is 0.154. The van der Waals surface area contributed by atoms with Crippen LogP contribution in [0.2, 0.25) is 4.34 Å². The van der Waals surface area contributed by atoms with E-state index >= 15 is 0 Å². The van der Waals surface area contributed by atoms with Crippen LogP contribution in [0.15, 0.2) is 34.8 Å². The third kappa shape index (κ3) is 3.96. The van der Waals surface area contributed by atoms with Gasteiger partial charge in [-0.25, -0.2) is 0 Å². The lowest BCUT2D eigenvalue weighted by molar-refractivity contribution is 0.0955. The standard InChI is InChI=1S/C13H12BrClN2OS/c14-8-1-3-10(11(16)7-8)13(18)17-6-5-9-2-4-12(15)19-9/h1-4,7H,5-6,16H2,(H,17,18). The maximum atomic E-state index is 11.9. The van der Waals surface area contributed by atoms with Crippen molar-refractivity contribution < 1.29 is 4.79 Å². The average Bonchev–Trinajstić information content (AvgIpc) is 2.75. The molecule has 1 aromatic heterocycles. The molecule has 0 atom stereocenters. The number of benzene rings is 1. The maximum Gasteiger partial charge on any atom is 0.253 e. The molecule has 2 aromatic rings. The average molecular weight is 360 g/mol. The van der Waals surface area contributed by atoms with Crippen molar-refractivity contribution in [2.45, 2.75) is 6.42 Å². The van der Waals surface area contributed by atoms with Gasteiger partial charge in [0.15, 0.2) is 0 Å². The van der Waals surface area contributed by atoms with Gasteiger partial charge >= 0.3 is 0 Å². The van der Waals surface area contributed by atoms with Crippen LogP contribution in [0.25, 0.3) is 0 Å². The van der Waals surface area contributed by atoms with Crippen LogP contribution in [0.3, 0.4) is 0 Å². The topological polar surface area (TPSA) is 55.1 Å². The number of carbonyl (C=O) groups excluding carboxylic acids is 1. The van der Waals surface area contributed by atoms with Gasteiger partial charge in [-0.2, -0.15) is 0 Å². The largest absolute Gasteiger partial charge is 0.398 e. The van der Waals surface area contributed by atoms with Gasteiger partial charge in [0.25, 0.3) is 5.91 Å². The molecule has 1 amide bonds. The molecular weight excluding hydrogens is 348 g/mol. The summed E-state index contributed by atoms with van der Waals surface area (Å²) in [6.45, 7) is 0.561. The molecule has 0 spiro atoms. The summed E-state index contributed by atoms with van der Waals surface area (Å²) in [5.41, 5.74) is 6.76. The van der Waals surface area contributed by atoms with Crippen molar-refractivity contribution in [3.05, 3.63) is 49.6 Å². The zero-order valence-electron chi connectivity index (χ0n) is 9.95. The van der Waals surface area contributed by atoms with Gasteiger partial charge in [0, 0.05) is 21.6 Å². The third-order valence-corrected chi connectivity index (χ3v) is 4.33. The minimum absolute atomic E-state index is 0.160. The number of nitrogens with two attached hydrogens (primary N) is 1. The second kappa shape index (κ2) is 6.41. The molecule has 2 rings (SSSR count). The van der Waals surface area contributed by atoms with Gasteiger partial charge in [-0.3, -0.25) is 4.79 Å². The van der Waals surface area contributed by atoms with Gasteiger partial charge in [0.05, 0.1) is 9.90 Å². The zero-order valence-corrected chi connectivity index (χ0v) is 13.1. The molecule has 0 saturated heterocycles. The van der Waals surface area contributed by atoms with Crippen molar-refractivity contribution in [3.8, 4) is 0 Å². The molecule has 0 aliphatic heterocycles. The lowest BCUT2D eigenvalue weighted by atomic mass is 10.1. The molecule has 100 valence electrons. The number of hydrogen-bond acceptors (Lipinski definition) is 3. The number of halogens is 2. The van der Waals surface area contributed by atoms with E-state index in [1.165, 1.54) is 11.3 Å². The van der Waals surface area contributed by atoms with Crippen LogP contribution in [-0.2, 0) is 6.42 Å². The summed E-state index contributed by atoms with van der Waals surface area (Å²) in [7, 11) is 0. The monoisotopic (exact) mass is 358 g/mol. The normalized spacial score (nSPS) is 10.4. The van der Waals surface area contributed by atoms with Crippen molar-refractivity contribution >= 4 is 50.5 Å². The summed E-state index contributed by atoms with van der Waals surface area (Å²) < 4.78 is 1.62. The Hall–Kier alpha value is -1.04. The number of thiophene rings is 1. The van der Waals surface area contributed by atoms with E-state index in [0.29, 0.717) is 17.8 Å². The van der Waals surface area contributed by atoms with Crippen LogP contribution in [0.5, 0.6) is 0 Å². The summed E-state index contributed by atoms with van der Waals surface area (Å²) in [5.74, 6) is -0.160. The molecule has 3 nitrogen and oxygen atoms in total. The summed E-state index contributed by atoms with van der Waals surface area (Å²) in [6.07, 6.45) is 0.763. The predicted molar refractivity (Wildman–Crippen MR) is 83.9 cm³/mol. The van der Waals surface area contributed by atoms with E-state index in [9.17, 15) is 4.79 Å². The first-order chi connectivity index (χ1) is 9.06. The van der Waals surface area contributed by atoms with Crippen molar-refractivity contribution in [2.24, 2.45) is 0 Å². The molecule has 0 fully saturated rings. The molecular formula is C13H12BrClN2OS. The number of anilines is 1. The number of nitrogens with one attached hydrogen (secondary N) is 1. The van der Waals surface area contributed by atoms with Gasteiger partial charge in [-0.15, -0.1) is 11.3 Å². The SMILES string of the molecule is Nc1cc(Br)ccc1C(=O)NCCc1ccc(Cl)s1. The first kappa shape index (κ1) is 14.4. The molecule has 6 heteroatoms. The molecule has 1 aromatic carbocycles. The van der Waals surface area contributed by atoms with E-state index in [1.807, 2.05) is 12.1 Å². The highest BCUT2D eigenvalue weighted by Crippen LogP contribution is 2.21. The van der Waals surface area contributed by atoms with E-state index < -0.39 is 0 Å². The van der Waals surface area contributed by atoms with Crippen LogP contribution in [0.1, 0.15) is 15.2 Å². The lowest BCUT2D eigenvalue weighted by Crippen LogP contribution is -2.26.